The lowest BCUT2D eigenvalue weighted by atomic mass is 10.2. The Bertz CT molecular complexity index is 564. The summed E-state index contributed by atoms with van der Waals surface area (Å²) >= 11 is 0. The smallest absolute Gasteiger partial charge is 0.132 e. The van der Waals surface area contributed by atoms with Gasteiger partial charge < -0.3 is 5.11 Å². The van der Waals surface area contributed by atoms with Crippen LogP contribution < -0.4 is 0 Å². The molecule has 1 heterocycles. The number of aliphatic hydroxyl groups is 1. The van der Waals surface area contributed by atoms with Crippen LogP contribution in [-0.4, -0.2) is 14.3 Å². The topological polar surface area (TPSA) is 50.2 Å². The molecular formula is C14H15NO2S. The number of aryl methyl sites for hydroxylation is 1. The highest BCUT2D eigenvalue weighted by Crippen LogP contribution is 2.17. The second-order valence-corrected chi connectivity index (χ2v) is 5.59. The average molecular weight is 261 g/mol. The summed E-state index contributed by atoms with van der Waals surface area (Å²) in [6.07, 6.45) is -0.653. The zero-order valence-electron chi connectivity index (χ0n) is 10.3. The van der Waals surface area contributed by atoms with Crippen molar-refractivity contribution >= 4 is 10.8 Å². The van der Waals surface area contributed by atoms with Crippen molar-refractivity contribution in [2.24, 2.45) is 0 Å². The summed E-state index contributed by atoms with van der Waals surface area (Å²) in [6, 6.07) is 12.7. The van der Waals surface area contributed by atoms with Gasteiger partial charge in [0.05, 0.1) is 11.8 Å². The van der Waals surface area contributed by atoms with Crippen molar-refractivity contribution in [1.29, 1.82) is 0 Å². The predicted octanol–water partition coefficient (Wildman–Crippen LogP) is 2.61. The second-order valence-electron chi connectivity index (χ2n) is 4.16. The zero-order chi connectivity index (χ0) is 13.1. The highest BCUT2D eigenvalue weighted by atomic mass is 32.2. The molecule has 0 spiro atoms. The van der Waals surface area contributed by atoms with Gasteiger partial charge in [0, 0.05) is 4.90 Å². The van der Waals surface area contributed by atoms with E-state index in [1.165, 1.54) is 0 Å². The van der Waals surface area contributed by atoms with Crippen LogP contribution in [0.1, 0.15) is 24.3 Å². The van der Waals surface area contributed by atoms with E-state index in [2.05, 4.69) is 4.98 Å². The molecule has 1 aromatic heterocycles. The molecule has 4 heteroatoms. The molecule has 0 bridgehead atoms. The van der Waals surface area contributed by atoms with Gasteiger partial charge in [0.2, 0.25) is 0 Å². The number of pyridine rings is 1. The van der Waals surface area contributed by atoms with E-state index >= 15 is 0 Å². The Morgan fingerprint density at radius 2 is 1.83 bits per heavy atom. The minimum atomic E-state index is -1.30. The van der Waals surface area contributed by atoms with Gasteiger partial charge in [-0.05, 0) is 38.1 Å². The van der Waals surface area contributed by atoms with E-state index < -0.39 is 16.9 Å². The average Bonchev–Trinajstić information content (AvgIpc) is 2.39. The molecule has 94 valence electrons. The van der Waals surface area contributed by atoms with Crippen LogP contribution in [0.15, 0.2) is 52.4 Å². The predicted molar refractivity (Wildman–Crippen MR) is 70.7 cm³/mol. The third kappa shape index (κ3) is 2.83. The lowest BCUT2D eigenvalue weighted by Crippen LogP contribution is -2.01. The maximum atomic E-state index is 12.3. The molecule has 1 aromatic carbocycles. The highest BCUT2D eigenvalue weighted by molar-refractivity contribution is 7.85. The number of rotatable bonds is 3. The third-order valence-electron chi connectivity index (χ3n) is 2.60. The van der Waals surface area contributed by atoms with Gasteiger partial charge in [-0.15, -0.1) is 0 Å². The van der Waals surface area contributed by atoms with Gasteiger partial charge in [0.25, 0.3) is 0 Å². The van der Waals surface area contributed by atoms with Crippen LogP contribution in [0.3, 0.4) is 0 Å². The Morgan fingerprint density at radius 1 is 1.17 bits per heavy atom. The largest absolute Gasteiger partial charge is 0.387 e. The summed E-state index contributed by atoms with van der Waals surface area (Å²) < 4.78 is 12.3. The summed E-state index contributed by atoms with van der Waals surface area (Å²) in [5.41, 5.74) is 1.66. The van der Waals surface area contributed by atoms with Crippen molar-refractivity contribution in [2.45, 2.75) is 29.9 Å². The lowest BCUT2D eigenvalue weighted by Gasteiger charge is -2.06. The lowest BCUT2D eigenvalue weighted by molar-refractivity contribution is 0.193. The molecule has 3 nitrogen and oxygen atoms in total. The normalized spacial score (nSPS) is 14.2. The van der Waals surface area contributed by atoms with E-state index in [0.717, 1.165) is 10.5 Å². The Morgan fingerprint density at radius 3 is 2.44 bits per heavy atom. The maximum Gasteiger partial charge on any atom is 0.132 e. The number of benzene rings is 1. The molecule has 0 aliphatic rings. The molecule has 0 aliphatic heterocycles. The van der Waals surface area contributed by atoms with Crippen molar-refractivity contribution in [3.63, 3.8) is 0 Å². The van der Waals surface area contributed by atoms with E-state index in [1.807, 2.05) is 31.2 Å². The fourth-order valence-corrected chi connectivity index (χ4v) is 2.56. The van der Waals surface area contributed by atoms with Crippen LogP contribution in [0, 0.1) is 6.92 Å². The number of hydrogen-bond acceptors (Lipinski definition) is 3. The molecule has 1 N–H and O–H groups in total. The van der Waals surface area contributed by atoms with Crippen LogP contribution in [-0.2, 0) is 10.8 Å². The molecule has 2 atom stereocenters. The highest BCUT2D eigenvalue weighted by Gasteiger charge is 2.10. The first-order chi connectivity index (χ1) is 8.58. The molecule has 0 fully saturated rings. The van der Waals surface area contributed by atoms with Crippen molar-refractivity contribution in [3.8, 4) is 0 Å². The van der Waals surface area contributed by atoms with E-state index in [0.29, 0.717) is 10.7 Å². The number of nitrogens with zero attached hydrogens (tertiary/aromatic N) is 1. The Labute approximate surface area is 109 Å². The van der Waals surface area contributed by atoms with Crippen molar-refractivity contribution < 1.29 is 9.32 Å². The molecule has 2 aromatic rings. The van der Waals surface area contributed by atoms with Crippen molar-refractivity contribution in [3.05, 3.63) is 53.7 Å². The second kappa shape index (κ2) is 5.42. The van der Waals surface area contributed by atoms with E-state index in [4.69, 9.17) is 0 Å². The standard InChI is InChI=1S/C14H15NO2S/c1-10-6-8-12(9-7-10)18(17)14-5-3-4-13(15-14)11(2)16/h3-9,11,16H,1-2H3. The van der Waals surface area contributed by atoms with Crippen LogP contribution in [0.4, 0.5) is 0 Å². The molecular weight excluding hydrogens is 246 g/mol. The summed E-state index contributed by atoms with van der Waals surface area (Å²) in [7, 11) is -1.30. The van der Waals surface area contributed by atoms with Crippen LogP contribution >= 0.6 is 0 Å². The third-order valence-corrected chi connectivity index (χ3v) is 3.91. The SMILES string of the molecule is Cc1ccc(S(=O)c2cccc(C(C)O)n2)cc1. The molecule has 2 unspecified atom stereocenters. The fourth-order valence-electron chi connectivity index (χ4n) is 1.55. The Balaban J connectivity index is 2.34. The first-order valence-corrected chi connectivity index (χ1v) is 6.86. The van der Waals surface area contributed by atoms with Crippen molar-refractivity contribution in [1.82, 2.24) is 4.98 Å². The van der Waals surface area contributed by atoms with Gasteiger partial charge in [-0.3, -0.25) is 0 Å². The molecule has 0 radical (unpaired) electrons. The summed E-state index contributed by atoms with van der Waals surface area (Å²) in [5, 5.41) is 9.95. The summed E-state index contributed by atoms with van der Waals surface area (Å²) in [4.78, 5) is 4.94. The van der Waals surface area contributed by atoms with Gasteiger partial charge in [-0.1, -0.05) is 23.8 Å². The van der Waals surface area contributed by atoms with E-state index in [-0.39, 0.29) is 0 Å². The minimum Gasteiger partial charge on any atom is -0.387 e. The molecule has 0 saturated carbocycles. The van der Waals surface area contributed by atoms with Gasteiger partial charge >= 0.3 is 0 Å². The van der Waals surface area contributed by atoms with Crippen LogP contribution in [0.5, 0.6) is 0 Å². The molecule has 0 amide bonds. The van der Waals surface area contributed by atoms with Crippen LogP contribution in [0.2, 0.25) is 0 Å². The first-order valence-electron chi connectivity index (χ1n) is 5.71. The van der Waals surface area contributed by atoms with Gasteiger partial charge in [-0.25, -0.2) is 9.19 Å². The van der Waals surface area contributed by atoms with Gasteiger partial charge in [0.1, 0.15) is 15.8 Å². The van der Waals surface area contributed by atoms with Gasteiger partial charge in [-0.2, -0.15) is 0 Å². The first kappa shape index (κ1) is 12.9. The zero-order valence-corrected chi connectivity index (χ0v) is 11.1. The van der Waals surface area contributed by atoms with E-state index in [9.17, 15) is 9.32 Å². The number of aliphatic hydroxyl groups excluding tert-OH is 1. The maximum absolute atomic E-state index is 12.3. The molecule has 18 heavy (non-hydrogen) atoms. The molecule has 2 rings (SSSR count). The quantitative estimate of drug-likeness (QED) is 0.924. The van der Waals surface area contributed by atoms with E-state index in [1.54, 1.807) is 25.1 Å². The monoisotopic (exact) mass is 261 g/mol. The summed E-state index contributed by atoms with van der Waals surface area (Å²) in [6.45, 7) is 3.62. The summed E-state index contributed by atoms with van der Waals surface area (Å²) in [5.74, 6) is 0. The van der Waals surface area contributed by atoms with Crippen molar-refractivity contribution in [2.75, 3.05) is 0 Å². The fraction of sp³-hybridized carbons (Fsp3) is 0.214. The van der Waals surface area contributed by atoms with Crippen LogP contribution in [0.25, 0.3) is 0 Å². The Hall–Kier alpha value is -1.52. The minimum absolute atomic E-state index is 0.470. The number of aromatic nitrogens is 1. The molecule has 0 saturated heterocycles. The Kier molecular flexibility index (Phi) is 3.89. The van der Waals surface area contributed by atoms with Gasteiger partial charge in [0.15, 0.2) is 0 Å². The molecule has 0 aliphatic carbocycles. The number of hydrogen-bond donors (Lipinski definition) is 1.